The monoisotopic (exact) mass is 286 g/mol. The van der Waals surface area contributed by atoms with E-state index >= 15 is 0 Å². The zero-order valence-corrected chi connectivity index (χ0v) is 12.9. The number of aliphatic hydroxyl groups excluding tert-OH is 1. The lowest BCUT2D eigenvalue weighted by Gasteiger charge is -2.31. The Morgan fingerprint density at radius 1 is 1.35 bits per heavy atom. The maximum Gasteiger partial charge on any atom is 0.315 e. The lowest BCUT2D eigenvalue weighted by Crippen LogP contribution is -2.50. The normalized spacial score (nSPS) is 24.1. The average Bonchev–Trinajstić information content (AvgIpc) is 2.46. The van der Waals surface area contributed by atoms with Crippen molar-refractivity contribution in [2.75, 3.05) is 20.3 Å². The number of hydrogen-bond donors (Lipinski definition) is 3. The summed E-state index contributed by atoms with van der Waals surface area (Å²) < 4.78 is 5.43. The van der Waals surface area contributed by atoms with Gasteiger partial charge in [0.25, 0.3) is 0 Å². The minimum absolute atomic E-state index is 0.113. The minimum atomic E-state index is -0.113. The predicted molar refractivity (Wildman–Crippen MR) is 79.7 cm³/mol. The van der Waals surface area contributed by atoms with Crippen LogP contribution in [-0.4, -0.2) is 43.5 Å². The molecule has 1 aliphatic carbocycles. The Balaban J connectivity index is 2.30. The molecule has 0 aliphatic heterocycles. The highest BCUT2D eigenvalue weighted by molar-refractivity contribution is 5.74. The molecular weight excluding hydrogens is 256 g/mol. The Kier molecular flexibility index (Phi) is 8.62. The largest absolute Gasteiger partial charge is 0.396 e. The maximum atomic E-state index is 11.9. The van der Waals surface area contributed by atoms with Crippen LogP contribution in [0.15, 0.2) is 0 Å². The van der Waals surface area contributed by atoms with Gasteiger partial charge in [-0.15, -0.1) is 0 Å². The van der Waals surface area contributed by atoms with Crippen LogP contribution in [0.1, 0.15) is 51.9 Å². The van der Waals surface area contributed by atoms with Crippen LogP contribution in [0.4, 0.5) is 4.79 Å². The maximum absolute atomic E-state index is 11.9. The van der Waals surface area contributed by atoms with Crippen LogP contribution in [0.2, 0.25) is 0 Å². The number of carbonyl (C=O) groups is 1. The van der Waals surface area contributed by atoms with E-state index in [1.165, 1.54) is 6.42 Å². The highest BCUT2D eigenvalue weighted by atomic mass is 16.5. The second kappa shape index (κ2) is 10.00. The van der Waals surface area contributed by atoms with Gasteiger partial charge in [-0.05, 0) is 31.6 Å². The van der Waals surface area contributed by atoms with Crippen molar-refractivity contribution in [3.05, 3.63) is 0 Å². The molecule has 3 N–H and O–H groups in total. The van der Waals surface area contributed by atoms with Gasteiger partial charge < -0.3 is 20.5 Å². The van der Waals surface area contributed by atoms with Crippen LogP contribution in [0.3, 0.4) is 0 Å². The van der Waals surface area contributed by atoms with E-state index in [2.05, 4.69) is 17.6 Å². The average molecular weight is 286 g/mol. The molecule has 0 radical (unpaired) electrons. The van der Waals surface area contributed by atoms with Crippen molar-refractivity contribution in [3.63, 3.8) is 0 Å². The lowest BCUT2D eigenvalue weighted by atomic mass is 9.92. The van der Waals surface area contributed by atoms with E-state index in [1.54, 1.807) is 7.11 Å². The number of ether oxygens (including phenoxy) is 1. The Bertz CT molecular complexity index is 268. The Hall–Kier alpha value is -0.810. The fourth-order valence-corrected chi connectivity index (χ4v) is 2.94. The molecule has 1 fully saturated rings. The van der Waals surface area contributed by atoms with E-state index in [4.69, 9.17) is 9.84 Å². The molecule has 1 aliphatic rings. The molecule has 1 saturated carbocycles. The van der Waals surface area contributed by atoms with Gasteiger partial charge in [0.2, 0.25) is 0 Å². The second-order valence-electron chi connectivity index (χ2n) is 5.69. The molecule has 20 heavy (non-hydrogen) atoms. The van der Waals surface area contributed by atoms with E-state index in [9.17, 15) is 4.79 Å². The summed E-state index contributed by atoms with van der Waals surface area (Å²) in [6.45, 7) is 2.93. The van der Waals surface area contributed by atoms with Crippen LogP contribution in [0.5, 0.6) is 0 Å². The van der Waals surface area contributed by atoms with E-state index < -0.39 is 0 Å². The first-order chi connectivity index (χ1) is 9.71. The minimum Gasteiger partial charge on any atom is -0.396 e. The predicted octanol–water partition coefficient (Wildman–Crippen LogP) is 2.04. The topological polar surface area (TPSA) is 70.6 Å². The summed E-state index contributed by atoms with van der Waals surface area (Å²) >= 11 is 0. The van der Waals surface area contributed by atoms with Gasteiger partial charge in [0.05, 0.1) is 12.1 Å². The molecular formula is C15H30N2O3. The summed E-state index contributed by atoms with van der Waals surface area (Å²) in [6, 6.07) is 0.00853. The first kappa shape index (κ1) is 17.2. The lowest BCUT2D eigenvalue weighted by molar-refractivity contribution is 0.0451. The third kappa shape index (κ3) is 6.09. The summed E-state index contributed by atoms with van der Waals surface area (Å²) in [5, 5.41) is 15.0. The van der Waals surface area contributed by atoms with Gasteiger partial charge in [-0.2, -0.15) is 0 Å². The molecule has 118 valence electrons. The molecule has 0 heterocycles. The zero-order valence-electron chi connectivity index (χ0n) is 12.9. The van der Waals surface area contributed by atoms with Crippen LogP contribution in [-0.2, 0) is 4.74 Å². The van der Waals surface area contributed by atoms with Crippen LogP contribution in [0.25, 0.3) is 0 Å². The first-order valence-corrected chi connectivity index (χ1v) is 7.89. The van der Waals surface area contributed by atoms with E-state index in [0.29, 0.717) is 12.5 Å². The van der Waals surface area contributed by atoms with Crippen molar-refractivity contribution < 1.29 is 14.6 Å². The smallest absolute Gasteiger partial charge is 0.315 e. The standard InChI is InChI=1S/C15H30N2O3/c1-3-6-12(9-10-18)11-16-15(19)17-13-7-4-5-8-14(13)20-2/h12-14,18H,3-11H2,1-2H3,(H2,16,17,19). The number of amides is 2. The number of methoxy groups -OCH3 is 1. The molecule has 5 heteroatoms. The molecule has 3 unspecified atom stereocenters. The quantitative estimate of drug-likeness (QED) is 0.639. The van der Waals surface area contributed by atoms with Gasteiger partial charge in [0.1, 0.15) is 0 Å². The van der Waals surface area contributed by atoms with Gasteiger partial charge in [0, 0.05) is 20.3 Å². The fraction of sp³-hybridized carbons (Fsp3) is 0.933. The highest BCUT2D eigenvalue weighted by Gasteiger charge is 2.26. The SMILES string of the molecule is CCCC(CCO)CNC(=O)NC1CCCCC1OC. The molecule has 3 atom stereocenters. The number of carbonyl (C=O) groups excluding carboxylic acids is 1. The van der Waals surface area contributed by atoms with E-state index in [1.807, 2.05) is 0 Å². The number of hydrogen-bond acceptors (Lipinski definition) is 3. The molecule has 0 aromatic rings. The van der Waals surface area contributed by atoms with Gasteiger partial charge in [-0.1, -0.05) is 26.2 Å². The van der Waals surface area contributed by atoms with Crippen molar-refractivity contribution in [1.29, 1.82) is 0 Å². The fourth-order valence-electron chi connectivity index (χ4n) is 2.94. The van der Waals surface area contributed by atoms with Crippen LogP contribution >= 0.6 is 0 Å². The molecule has 0 bridgehead atoms. The molecule has 1 rings (SSSR count). The summed E-state index contributed by atoms with van der Waals surface area (Å²) in [4.78, 5) is 11.9. The third-order valence-electron chi connectivity index (χ3n) is 4.11. The molecule has 0 saturated heterocycles. The number of nitrogens with one attached hydrogen (secondary N) is 2. The Labute approximate surface area is 122 Å². The van der Waals surface area contributed by atoms with Crippen molar-refractivity contribution in [3.8, 4) is 0 Å². The van der Waals surface area contributed by atoms with E-state index in [-0.39, 0.29) is 24.8 Å². The summed E-state index contributed by atoms with van der Waals surface area (Å²) in [7, 11) is 1.71. The first-order valence-electron chi connectivity index (χ1n) is 7.89. The Morgan fingerprint density at radius 3 is 2.75 bits per heavy atom. The van der Waals surface area contributed by atoms with Crippen molar-refractivity contribution in [2.45, 2.75) is 64.0 Å². The summed E-state index contributed by atoms with van der Waals surface area (Å²) in [5.41, 5.74) is 0. The second-order valence-corrected chi connectivity index (χ2v) is 5.69. The zero-order chi connectivity index (χ0) is 14.8. The molecule has 0 aromatic carbocycles. The molecule has 2 amide bonds. The molecule has 0 aromatic heterocycles. The van der Waals surface area contributed by atoms with E-state index in [0.717, 1.165) is 38.5 Å². The van der Waals surface area contributed by atoms with Crippen molar-refractivity contribution >= 4 is 6.03 Å². The van der Waals surface area contributed by atoms with Gasteiger partial charge in [-0.3, -0.25) is 0 Å². The molecule has 5 nitrogen and oxygen atoms in total. The summed E-state index contributed by atoms with van der Waals surface area (Å²) in [5.74, 6) is 0.361. The van der Waals surface area contributed by atoms with Crippen LogP contribution in [0, 0.1) is 5.92 Å². The Morgan fingerprint density at radius 2 is 2.10 bits per heavy atom. The van der Waals surface area contributed by atoms with Crippen molar-refractivity contribution in [2.24, 2.45) is 5.92 Å². The number of urea groups is 1. The van der Waals surface area contributed by atoms with Gasteiger partial charge in [-0.25, -0.2) is 4.79 Å². The summed E-state index contributed by atoms with van der Waals surface area (Å²) in [6.07, 6.45) is 7.32. The van der Waals surface area contributed by atoms with Gasteiger partial charge >= 0.3 is 6.03 Å². The van der Waals surface area contributed by atoms with Crippen LogP contribution < -0.4 is 10.6 Å². The highest BCUT2D eigenvalue weighted by Crippen LogP contribution is 2.20. The number of rotatable bonds is 8. The van der Waals surface area contributed by atoms with Crippen molar-refractivity contribution in [1.82, 2.24) is 10.6 Å². The third-order valence-corrected chi connectivity index (χ3v) is 4.11. The molecule has 0 spiro atoms. The van der Waals surface area contributed by atoms with Gasteiger partial charge in [0.15, 0.2) is 0 Å². The number of aliphatic hydroxyl groups is 1.